The number of nitrogens with zero attached hydrogens (tertiary/aromatic N) is 4. The van der Waals surface area contributed by atoms with Gasteiger partial charge in [0, 0.05) is 36.8 Å². The number of aryl methyl sites for hydroxylation is 2. The minimum atomic E-state index is -0.445. The Hall–Kier alpha value is -3.55. The standard InChI is InChI=1S/C21H20FN5O2/c1-11(2)14-8-23-21-26-18(10-27(21)9-14)16-7-15(5-6-17(16)22)25-20(28)19-12(3)24-13(4)29-19/h5-11H,1-4H3,(H,25,28). The van der Waals surface area contributed by atoms with Crippen LogP contribution in [0.15, 0.2) is 41.2 Å². The Morgan fingerprint density at radius 2 is 2.00 bits per heavy atom. The summed E-state index contributed by atoms with van der Waals surface area (Å²) in [4.78, 5) is 25.3. The van der Waals surface area contributed by atoms with Gasteiger partial charge in [0.15, 0.2) is 5.89 Å². The van der Waals surface area contributed by atoms with Gasteiger partial charge >= 0.3 is 0 Å². The summed E-state index contributed by atoms with van der Waals surface area (Å²) in [6.45, 7) is 7.51. The van der Waals surface area contributed by atoms with Crippen molar-refractivity contribution in [3.63, 3.8) is 0 Å². The first kappa shape index (κ1) is 18.8. The van der Waals surface area contributed by atoms with Gasteiger partial charge in [0.1, 0.15) is 5.82 Å². The van der Waals surface area contributed by atoms with E-state index in [0.717, 1.165) is 5.56 Å². The third-order valence-corrected chi connectivity index (χ3v) is 4.61. The predicted molar refractivity (Wildman–Crippen MR) is 106 cm³/mol. The lowest BCUT2D eigenvalue weighted by Gasteiger charge is -2.06. The van der Waals surface area contributed by atoms with Gasteiger partial charge < -0.3 is 9.73 Å². The van der Waals surface area contributed by atoms with Crippen molar-refractivity contribution in [3.8, 4) is 11.3 Å². The maximum atomic E-state index is 14.5. The molecule has 3 aromatic heterocycles. The molecule has 0 radical (unpaired) electrons. The molecule has 0 saturated heterocycles. The number of benzene rings is 1. The summed E-state index contributed by atoms with van der Waals surface area (Å²) in [6.07, 6.45) is 5.43. The van der Waals surface area contributed by atoms with Crippen LogP contribution < -0.4 is 5.32 Å². The van der Waals surface area contributed by atoms with E-state index in [1.54, 1.807) is 30.6 Å². The largest absolute Gasteiger partial charge is 0.436 e. The van der Waals surface area contributed by atoms with Gasteiger partial charge in [-0.15, -0.1) is 0 Å². The fourth-order valence-electron chi connectivity index (χ4n) is 3.06. The molecule has 0 spiro atoms. The van der Waals surface area contributed by atoms with E-state index in [4.69, 9.17) is 4.42 Å². The molecular weight excluding hydrogens is 373 g/mol. The molecule has 148 valence electrons. The minimum Gasteiger partial charge on any atom is -0.436 e. The fourth-order valence-corrected chi connectivity index (χ4v) is 3.06. The summed E-state index contributed by atoms with van der Waals surface area (Å²) in [6, 6.07) is 4.32. The average Bonchev–Trinajstić information content (AvgIpc) is 3.24. The highest BCUT2D eigenvalue weighted by Crippen LogP contribution is 2.26. The van der Waals surface area contributed by atoms with Crippen LogP contribution in [0, 0.1) is 19.7 Å². The zero-order valence-electron chi connectivity index (χ0n) is 16.5. The molecule has 8 heteroatoms. The molecule has 0 aliphatic rings. The molecule has 0 aliphatic heterocycles. The molecule has 0 saturated carbocycles. The van der Waals surface area contributed by atoms with E-state index >= 15 is 0 Å². The normalized spacial score (nSPS) is 11.4. The molecule has 0 atom stereocenters. The number of carbonyl (C=O) groups is 1. The van der Waals surface area contributed by atoms with Crippen LogP contribution >= 0.6 is 0 Å². The Bertz CT molecular complexity index is 1230. The van der Waals surface area contributed by atoms with Crippen molar-refractivity contribution in [2.45, 2.75) is 33.6 Å². The SMILES string of the molecule is Cc1nc(C)c(C(=O)Nc2ccc(F)c(-c3cn4cc(C(C)C)cnc4n3)c2)o1. The number of hydrogen-bond acceptors (Lipinski definition) is 5. The number of hydrogen-bond donors (Lipinski definition) is 1. The third-order valence-electron chi connectivity index (χ3n) is 4.61. The van der Waals surface area contributed by atoms with Gasteiger partial charge in [-0.3, -0.25) is 9.20 Å². The van der Waals surface area contributed by atoms with E-state index in [2.05, 4.69) is 34.1 Å². The molecule has 4 rings (SSSR count). The quantitative estimate of drug-likeness (QED) is 0.551. The molecule has 4 aromatic rings. The highest BCUT2D eigenvalue weighted by molar-refractivity contribution is 6.03. The average molecular weight is 393 g/mol. The molecule has 0 aliphatic carbocycles. The Balaban J connectivity index is 1.67. The minimum absolute atomic E-state index is 0.131. The Kier molecular flexibility index (Phi) is 4.62. The number of oxazole rings is 1. The van der Waals surface area contributed by atoms with Gasteiger partial charge in [-0.25, -0.2) is 19.3 Å². The number of fused-ring (bicyclic) bond motifs is 1. The lowest BCUT2D eigenvalue weighted by atomic mass is 10.1. The highest BCUT2D eigenvalue weighted by Gasteiger charge is 2.18. The first-order valence-corrected chi connectivity index (χ1v) is 9.22. The molecule has 1 aromatic carbocycles. The number of imidazole rings is 1. The van der Waals surface area contributed by atoms with Gasteiger partial charge in [0.2, 0.25) is 11.5 Å². The Labute approximate surface area is 166 Å². The maximum absolute atomic E-state index is 14.5. The summed E-state index contributed by atoms with van der Waals surface area (Å²) in [5, 5.41) is 2.72. The van der Waals surface area contributed by atoms with Gasteiger partial charge in [0.25, 0.3) is 5.91 Å². The van der Waals surface area contributed by atoms with Crippen LogP contribution in [-0.4, -0.2) is 25.3 Å². The van der Waals surface area contributed by atoms with Gasteiger partial charge in [-0.05, 0) is 36.6 Å². The molecule has 7 nitrogen and oxygen atoms in total. The molecule has 1 amide bonds. The number of carbonyl (C=O) groups excluding carboxylic acids is 1. The van der Waals surface area contributed by atoms with Crippen molar-refractivity contribution in [1.82, 2.24) is 19.4 Å². The second kappa shape index (κ2) is 7.12. The maximum Gasteiger partial charge on any atom is 0.293 e. The van der Waals surface area contributed by atoms with Crippen LogP contribution in [0.2, 0.25) is 0 Å². The second-order valence-electron chi connectivity index (χ2n) is 7.17. The van der Waals surface area contributed by atoms with E-state index in [0.29, 0.717) is 34.7 Å². The number of aromatic nitrogens is 4. The third kappa shape index (κ3) is 3.61. The summed E-state index contributed by atoms with van der Waals surface area (Å²) in [5.74, 6) is 0.445. The summed E-state index contributed by atoms with van der Waals surface area (Å²) < 4.78 is 21.6. The number of amides is 1. The lowest BCUT2D eigenvalue weighted by Crippen LogP contribution is -2.12. The number of halogens is 1. The lowest BCUT2D eigenvalue weighted by molar-refractivity contribution is 0.0994. The zero-order valence-corrected chi connectivity index (χ0v) is 16.5. The summed E-state index contributed by atoms with van der Waals surface area (Å²) in [7, 11) is 0. The predicted octanol–water partition coefficient (Wildman–Crippen LogP) is 4.52. The van der Waals surface area contributed by atoms with Crippen molar-refractivity contribution >= 4 is 17.4 Å². The first-order valence-electron chi connectivity index (χ1n) is 9.22. The smallest absolute Gasteiger partial charge is 0.293 e. The second-order valence-corrected chi connectivity index (χ2v) is 7.17. The van der Waals surface area contributed by atoms with Crippen molar-refractivity contribution in [2.24, 2.45) is 0 Å². The highest BCUT2D eigenvalue weighted by atomic mass is 19.1. The number of nitrogens with one attached hydrogen (secondary N) is 1. The van der Waals surface area contributed by atoms with Gasteiger partial charge in [0.05, 0.1) is 11.4 Å². The molecule has 29 heavy (non-hydrogen) atoms. The van der Waals surface area contributed by atoms with Crippen LogP contribution in [0.4, 0.5) is 10.1 Å². The molecule has 3 heterocycles. The van der Waals surface area contributed by atoms with Crippen LogP contribution in [-0.2, 0) is 0 Å². The van der Waals surface area contributed by atoms with Crippen LogP contribution in [0.25, 0.3) is 17.0 Å². The molecular formula is C21H20FN5O2. The van der Waals surface area contributed by atoms with E-state index in [-0.39, 0.29) is 11.3 Å². The number of anilines is 1. The Morgan fingerprint density at radius 3 is 2.69 bits per heavy atom. The van der Waals surface area contributed by atoms with Crippen LogP contribution in [0.5, 0.6) is 0 Å². The Morgan fingerprint density at radius 1 is 1.21 bits per heavy atom. The molecule has 0 bridgehead atoms. The zero-order chi connectivity index (χ0) is 20.7. The summed E-state index contributed by atoms with van der Waals surface area (Å²) >= 11 is 0. The first-order chi connectivity index (χ1) is 13.8. The van der Waals surface area contributed by atoms with Crippen LogP contribution in [0.3, 0.4) is 0 Å². The van der Waals surface area contributed by atoms with Crippen molar-refractivity contribution in [3.05, 3.63) is 65.5 Å². The van der Waals surface area contributed by atoms with E-state index in [1.165, 1.54) is 18.2 Å². The van der Waals surface area contributed by atoms with Crippen molar-refractivity contribution in [2.75, 3.05) is 5.32 Å². The van der Waals surface area contributed by atoms with Crippen molar-refractivity contribution < 1.29 is 13.6 Å². The fraction of sp³-hybridized carbons (Fsp3) is 0.238. The molecule has 0 unspecified atom stereocenters. The molecule has 0 fully saturated rings. The summed E-state index contributed by atoms with van der Waals surface area (Å²) in [5.41, 5.74) is 2.67. The van der Waals surface area contributed by atoms with E-state index < -0.39 is 11.7 Å². The van der Waals surface area contributed by atoms with Crippen molar-refractivity contribution in [1.29, 1.82) is 0 Å². The van der Waals surface area contributed by atoms with Gasteiger partial charge in [-0.2, -0.15) is 0 Å². The van der Waals surface area contributed by atoms with Gasteiger partial charge in [-0.1, -0.05) is 13.8 Å². The monoisotopic (exact) mass is 393 g/mol. The van der Waals surface area contributed by atoms with Crippen LogP contribution in [0.1, 0.15) is 47.5 Å². The van der Waals surface area contributed by atoms with E-state index in [1.807, 2.05) is 6.20 Å². The molecule has 1 N–H and O–H groups in total. The number of rotatable bonds is 4. The topological polar surface area (TPSA) is 85.3 Å². The van der Waals surface area contributed by atoms with E-state index in [9.17, 15) is 9.18 Å².